The molecule has 0 saturated carbocycles. The van der Waals surface area contributed by atoms with Gasteiger partial charge in [-0.2, -0.15) is 0 Å². The van der Waals surface area contributed by atoms with Crippen LogP contribution in [-0.2, 0) is 6.42 Å². The molecule has 0 unspecified atom stereocenters. The Labute approximate surface area is 147 Å². The van der Waals surface area contributed by atoms with E-state index in [1.165, 1.54) is 19.3 Å². The van der Waals surface area contributed by atoms with Crippen LogP contribution in [0.3, 0.4) is 0 Å². The van der Waals surface area contributed by atoms with Crippen molar-refractivity contribution < 1.29 is 4.79 Å². The number of hydrogen-bond acceptors (Lipinski definition) is 3. The van der Waals surface area contributed by atoms with Crippen molar-refractivity contribution in [3.05, 3.63) is 47.0 Å². The Morgan fingerprint density at radius 3 is 2.88 bits per heavy atom. The molecule has 5 nitrogen and oxygen atoms in total. The second kappa shape index (κ2) is 8.20. The summed E-state index contributed by atoms with van der Waals surface area (Å²) in [5, 5.41) is 3.45. The molecule has 3 rings (SSSR count). The van der Waals surface area contributed by atoms with Gasteiger partial charge in [-0.15, -0.1) is 0 Å². The minimum atomic E-state index is -0.113. The molecule has 0 aliphatic carbocycles. The Morgan fingerprint density at radius 2 is 2.12 bits per heavy atom. The van der Waals surface area contributed by atoms with Gasteiger partial charge in [-0.3, -0.25) is 4.79 Å². The van der Waals surface area contributed by atoms with Crippen LogP contribution in [0.25, 0.3) is 0 Å². The molecule has 128 valence electrons. The van der Waals surface area contributed by atoms with Crippen molar-refractivity contribution >= 4 is 23.2 Å². The maximum atomic E-state index is 12.4. The minimum absolute atomic E-state index is 0.113. The lowest BCUT2D eigenvalue weighted by molar-refractivity contribution is 0.0953. The van der Waals surface area contributed by atoms with Gasteiger partial charge in [0.2, 0.25) is 0 Å². The molecule has 2 N–H and O–H groups in total. The Bertz CT molecular complexity index is 666. The fourth-order valence-electron chi connectivity index (χ4n) is 3.02. The normalized spacial score (nSPS) is 14.6. The van der Waals surface area contributed by atoms with Crippen molar-refractivity contribution in [2.45, 2.75) is 32.1 Å². The maximum Gasteiger partial charge on any atom is 0.252 e. The Kier molecular flexibility index (Phi) is 5.75. The van der Waals surface area contributed by atoms with E-state index in [0.29, 0.717) is 17.1 Å². The maximum absolute atomic E-state index is 12.4. The largest absolute Gasteiger partial charge is 0.372 e. The average Bonchev–Trinajstić information content (AvgIpc) is 3.13. The molecule has 1 aromatic carbocycles. The summed E-state index contributed by atoms with van der Waals surface area (Å²) in [4.78, 5) is 22.0. The molecule has 1 amide bonds. The number of nitrogens with one attached hydrogen (secondary N) is 2. The van der Waals surface area contributed by atoms with E-state index in [1.54, 1.807) is 12.4 Å². The highest BCUT2D eigenvalue weighted by molar-refractivity contribution is 6.34. The first kappa shape index (κ1) is 16.8. The Morgan fingerprint density at radius 1 is 1.29 bits per heavy atom. The number of carbonyl (C=O) groups is 1. The van der Waals surface area contributed by atoms with Crippen LogP contribution in [0.15, 0.2) is 30.6 Å². The van der Waals surface area contributed by atoms with Gasteiger partial charge in [0.1, 0.15) is 5.82 Å². The van der Waals surface area contributed by atoms with Gasteiger partial charge in [-0.25, -0.2) is 4.98 Å². The third-order valence-electron chi connectivity index (χ3n) is 4.35. The third kappa shape index (κ3) is 4.29. The second-order valence-corrected chi connectivity index (χ2v) is 6.51. The van der Waals surface area contributed by atoms with Crippen LogP contribution in [0.4, 0.5) is 5.69 Å². The van der Waals surface area contributed by atoms with Crippen molar-refractivity contribution in [1.82, 2.24) is 15.3 Å². The van der Waals surface area contributed by atoms with Crippen molar-refractivity contribution in [2.24, 2.45) is 0 Å². The summed E-state index contributed by atoms with van der Waals surface area (Å²) in [6.45, 7) is 2.70. The topological polar surface area (TPSA) is 61.0 Å². The molecule has 0 radical (unpaired) electrons. The highest BCUT2D eigenvalue weighted by Crippen LogP contribution is 2.25. The standard InChI is InChI=1S/C18H23ClN4O/c19-16-7-6-14(23-11-2-1-3-12-23)13-15(16)18(24)22-8-4-5-17-20-9-10-21-17/h6-7,9-10,13H,1-5,8,11-12H2,(H,20,21)(H,22,24). The molecule has 0 atom stereocenters. The summed E-state index contributed by atoms with van der Waals surface area (Å²) >= 11 is 6.23. The molecule has 2 heterocycles. The van der Waals surface area contributed by atoms with Crippen molar-refractivity contribution in [2.75, 3.05) is 24.5 Å². The van der Waals surface area contributed by atoms with Gasteiger partial charge in [0.05, 0.1) is 10.6 Å². The highest BCUT2D eigenvalue weighted by Gasteiger charge is 2.15. The lowest BCUT2D eigenvalue weighted by Gasteiger charge is -2.29. The number of amides is 1. The number of halogens is 1. The van der Waals surface area contributed by atoms with Crippen LogP contribution in [-0.4, -0.2) is 35.5 Å². The molecule has 0 bridgehead atoms. The summed E-state index contributed by atoms with van der Waals surface area (Å²) in [5.74, 6) is 0.827. The molecule has 2 aromatic rings. The number of rotatable bonds is 6. The highest BCUT2D eigenvalue weighted by atomic mass is 35.5. The zero-order chi connectivity index (χ0) is 16.8. The predicted octanol–water partition coefficient (Wildman–Crippen LogP) is 3.42. The van der Waals surface area contributed by atoms with Gasteiger partial charge in [0.25, 0.3) is 5.91 Å². The number of nitrogens with zero attached hydrogens (tertiary/aromatic N) is 2. The summed E-state index contributed by atoms with van der Waals surface area (Å²) in [6.07, 6.45) is 8.89. The number of aromatic nitrogens is 2. The van der Waals surface area contributed by atoms with E-state index in [1.807, 2.05) is 18.2 Å². The molecule has 1 aliphatic rings. The number of piperidine rings is 1. The summed E-state index contributed by atoms with van der Waals surface area (Å²) in [5.41, 5.74) is 1.64. The number of carbonyl (C=O) groups excluding carboxylic acids is 1. The third-order valence-corrected chi connectivity index (χ3v) is 4.68. The van der Waals surface area contributed by atoms with Gasteiger partial charge in [0, 0.05) is 44.1 Å². The van der Waals surface area contributed by atoms with Crippen molar-refractivity contribution in [3.63, 3.8) is 0 Å². The molecule has 6 heteroatoms. The minimum Gasteiger partial charge on any atom is -0.372 e. The average molecular weight is 347 g/mol. The Hall–Kier alpha value is -2.01. The Balaban J connectivity index is 1.56. The zero-order valence-electron chi connectivity index (χ0n) is 13.7. The van der Waals surface area contributed by atoms with Crippen LogP contribution in [0.5, 0.6) is 0 Å². The summed E-state index contributed by atoms with van der Waals surface area (Å²) in [7, 11) is 0. The number of hydrogen-bond donors (Lipinski definition) is 2. The van der Waals surface area contributed by atoms with E-state index < -0.39 is 0 Å². The SMILES string of the molecule is O=C(NCCCc1ncc[nH]1)c1cc(N2CCCCC2)ccc1Cl. The lowest BCUT2D eigenvalue weighted by atomic mass is 10.1. The molecule has 24 heavy (non-hydrogen) atoms. The first-order valence-corrected chi connectivity index (χ1v) is 8.93. The fourth-order valence-corrected chi connectivity index (χ4v) is 3.23. The molecule has 1 aromatic heterocycles. The number of H-pyrrole nitrogens is 1. The van der Waals surface area contributed by atoms with Gasteiger partial charge in [0.15, 0.2) is 0 Å². The second-order valence-electron chi connectivity index (χ2n) is 6.11. The van der Waals surface area contributed by atoms with Crippen molar-refractivity contribution in [3.8, 4) is 0 Å². The van der Waals surface area contributed by atoms with E-state index in [9.17, 15) is 4.79 Å². The van der Waals surface area contributed by atoms with Crippen LogP contribution in [0, 0.1) is 0 Å². The smallest absolute Gasteiger partial charge is 0.252 e. The van der Waals surface area contributed by atoms with Gasteiger partial charge >= 0.3 is 0 Å². The predicted molar refractivity (Wildman–Crippen MR) is 96.8 cm³/mol. The monoisotopic (exact) mass is 346 g/mol. The van der Waals surface area contributed by atoms with Crippen molar-refractivity contribution in [1.29, 1.82) is 0 Å². The summed E-state index contributed by atoms with van der Waals surface area (Å²) in [6, 6.07) is 5.74. The molecule has 1 saturated heterocycles. The van der Waals surface area contributed by atoms with Crippen LogP contribution in [0.1, 0.15) is 41.9 Å². The van der Waals surface area contributed by atoms with Crippen LogP contribution in [0.2, 0.25) is 5.02 Å². The molecule has 0 spiro atoms. The quantitative estimate of drug-likeness (QED) is 0.788. The number of imidazole rings is 1. The van der Waals surface area contributed by atoms with E-state index in [-0.39, 0.29) is 5.91 Å². The number of aryl methyl sites for hydroxylation is 1. The molecule has 1 aliphatic heterocycles. The fraction of sp³-hybridized carbons (Fsp3) is 0.444. The van der Waals surface area contributed by atoms with Gasteiger partial charge < -0.3 is 15.2 Å². The van der Waals surface area contributed by atoms with Gasteiger partial charge in [-0.1, -0.05) is 11.6 Å². The number of aromatic amines is 1. The molecular weight excluding hydrogens is 324 g/mol. The first-order valence-electron chi connectivity index (χ1n) is 8.55. The van der Waals surface area contributed by atoms with E-state index >= 15 is 0 Å². The first-order chi connectivity index (χ1) is 11.7. The lowest BCUT2D eigenvalue weighted by Crippen LogP contribution is -2.30. The number of anilines is 1. The van der Waals surface area contributed by atoms with Crippen LogP contribution < -0.4 is 10.2 Å². The molecule has 1 fully saturated rings. The van der Waals surface area contributed by atoms with E-state index in [2.05, 4.69) is 20.2 Å². The van der Waals surface area contributed by atoms with E-state index in [0.717, 1.165) is 37.4 Å². The van der Waals surface area contributed by atoms with E-state index in [4.69, 9.17) is 11.6 Å². The van der Waals surface area contributed by atoms with Gasteiger partial charge in [-0.05, 0) is 43.9 Å². The van der Waals surface area contributed by atoms with Crippen LogP contribution >= 0.6 is 11.6 Å². The summed E-state index contributed by atoms with van der Waals surface area (Å²) < 4.78 is 0. The molecular formula is C18H23ClN4O. The number of benzene rings is 1. The zero-order valence-corrected chi connectivity index (χ0v) is 14.5.